The predicted molar refractivity (Wildman–Crippen MR) is 74.3 cm³/mol. The van der Waals surface area contributed by atoms with Crippen LogP contribution < -0.4 is 0 Å². The van der Waals surface area contributed by atoms with Crippen LogP contribution in [0.15, 0.2) is 23.8 Å². The van der Waals surface area contributed by atoms with Crippen molar-refractivity contribution >= 4 is 17.9 Å². The fourth-order valence-electron chi connectivity index (χ4n) is 2.16. The summed E-state index contributed by atoms with van der Waals surface area (Å²) in [4.78, 5) is 34.3. The first-order chi connectivity index (χ1) is 9.84. The van der Waals surface area contributed by atoms with E-state index < -0.39 is 23.8 Å². The lowest BCUT2D eigenvalue weighted by Crippen LogP contribution is -2.31. The number of hydrogen-bond donors (Lipinski definition) is 1. The summed E-state index contributed by atoms with van der Waals surface area (Å²) in [6.45, 7) is 6.54. The van der Waals surface area contributed by atoms with E-state index in [9.17, 15) is 19.5 Å². The molecule has 0 heterocycles. The van der Waals surface area contributed by atoms with Crippen LogP contribution in [0.3, 0.4) is 0 Å². The third-order valence-corrected chi connectivity index (χ3v) is 3.29. The zero-order chi connectivity index (χ0) is 16.0. The lowest BCUT2D eigenvalue weighted by molar-refractivity contribution is -0.150. The first-order valence-corrected chi connectivity index (χ1v) is 6.77. The Morgan fingerprint density at radius 2 is 1.95 bits per heavy atom. The van der Waals surface area contributed by atoms with Crippen molar-refractivity contribution in [1.82, 2.24) is 0 Å². The van der Waals surface area contributed by atoms with Crippen molar-refractivity contribution in [2.24, 2.45) is 11.8 Å². The summed E-state index contributed by atoms with van der Waals surface area (Å²) < 4.78 is 9.75. The maximum absolute atomic E-state index is 11.9. The molecule has 6 heteroatoms. The van der Waals surface area contributed by atoms with Gasteiger partial charge in [0.05, 0.1) is 5.92 Å². The number of carboxylic acid groups (broad SMARTS) is 1. The number of hydrogen-bond acceptors (Lipinski definition) is 5. The maximum Gasteiger partial charge on any atom is 0.334 e. The number of carboxylic acids is 1. The summed E-state index contributed by atoms with van der Waals surface area (Å²) in [5.41, 5.74) is 0.434. The molecule has 0 aromatic carbocycles. The number of esters is 2. The molecule has 0 amide bonds. The third-order valence-electron chi connectivity index (χ3n) is 3.29. The fourth-order valence-corrected chi connectivity index (χ4v) is 2.16. The summed E-state index contributed by atoms with van der Waals surface area (Å²) in [5, 5.41) is 9.21. The Balaban J connectivity index is 2.51. The zero-order valence-corrected chi connectivity index (χ0v) is 12.3. The maximum atomic E-state index is 11.9. The van der Waals surface area contributed by atoms with Crippen LogP contribution in [0.1, 0.15) is 26.7 Å². The minimum Gasteiger partial charge on any atom is -0.481 e. The van der Waals surface area contributed by atoms with E-state index in [-0.39, 0.29) is 30.3 Å². The quantitative estimate of drug-likeness (QED) is 0.456. The molecule has 0 aliphatic heterocycles. The van der Waals surface area contributed by atoms with Gasteiger partial charge in [0.2, 0.25) is 0 Å². The molecule has 6 nitrogen and oxygen atoms in total. The third kappa shape index (κ3) is 4.73. The van der Waals surface area contributed by atoms with Gasteiger partial charge in [-0.15, -0.1) is 0 Å². The first kappa shape index (κ1) is 16.9. The molecule has 0 spiro atoms. The normalized spacial score (nSPS) is 21.1. The molecule has 1 N–H and O–H groups in total. The van der Waals surface area contributed by atoms with E-state index >= 15 is 0 Å². The van der Waals surface area contributed by atoms with Gasteiger partial charge >= 0.3 is 17.9 Å². The average molecular weight is 296 g/mol. The Morgan fingerprint density at radius 1 is 1.33 bits per heavy atom. The van der Waals surface area contributed by atoms with Crippen molar-refractivity contribution in [1.29, 1.82) is 0 Å². The molecule has 0 aromatic heterocycles. The van der Waals surface area contributed by atoms with Gasteiger partial charge in [0, 0.05) is 11.1 Å². The predicted octanol–water partition coefficient (Wildman–Crippen LogP) is 1.71. The molecule has 0 fully saturated rings. The van der Waals surface area contributed by atoms with Gasteiger partial charge < -0.3 is 14.6 Å². The van der Waals surface area contributed by atoms with Crippen molar-refractivity contribution < 1.29 is 29.0 Å². The minimum absolute atomic E-state index is 0.0853. The highest BCUT2D eigenvalue weighted by Gasteiger charge is 2.35. The summed E-state index contributed by atoms with van der Waals surface area (Å²) in [7, 11) is 0. The van der Waals surface area contributed by atoms with Crippen LogP contribution in [0.2, 0.25) is 0 Å². The Labute approximate surface area is 123 Å². The van der Waals surface area contributed by atoms with Crippen molar-refractivity contribution in [3.05, 3.63) is 23.8 Å². The SMILES string of the molecule is C=C(C)C(=O)OCCOC(=O)C1=CCCC(C)C1C(=O)O. The van der Waals surface area contributed by atoms with E-state index in [4.69, 9.17) is 9.47 Å². The van der Waals surface area contributed by atoms with Crippen LogP contribution in [0.5, 0.6) is 0 Å². The Kier molecular flexibility index (Phi) is 6.14. The molecule has 0 radical (unpaired) electrons. The van der Waals surface area contributed by atoms with Crippen LogP contribution >= 0.6 is 0 Å². The van der Waals surface area contributed by atoms with Crippen molar-refractivity contribution in [2.45, 2.75) is 26.7 Å². The molecule has 21 heavy (non-hydrogen) atoms. The fraction of sp³-hybridized carbons (Fsp3) is 0.533. The van der Waals surface area contributed by atoms with E-state index in [1.165, 1.54) is 6.92 Å². The summed E-state index contributed by atoms with van der Waals surface area (Å²) in [5.74, 6) is -3.21. The van der Waals surface area contributed by atoms with Gasteiger partial charge in [-0.05, 0) is 25.7 Å². The monoisotopic (exact) mass is 296 g/mol. The molecular weight excluding hydrogens is 276 g/mol. The van der Waals surface area contributed by atoms with Gasteiger partial charge in [0.15, 0.2) is 0 Å². The summed E-state index contributed by atoms with van der Waals surface area (Å²) in [6, 6.07) is 0. The highest BCUT2D eigenvalue weighted by molar-refractivity contribution is 5.95. The first-order valence-electron chi connectivity index (χ1n) is 6.77. The summed E-state index contributed by atoms with van der Waals surface area (Å²) in [6.07, 6.45) is 2.99. The molecule has 0 saturated heterocycles. The van der Waals surface area contributed by atoms with Crippen molar-refractivity contribution in [3.8, 4) is 0 Å². The van der Waals surface area contributed by atoms with E-state index in [2.05, 4.69) is 6.58 Å². The molecule has 0 saturated carbocycles. The highest BCUT2D eigenvalue weighted by atomic mass is 16.6. The zero-order valence-electron chi connectivity index (χ0n) is 12.3. The average Bonchev–Trinajstić information content (AvgIpc) is 2.42. The highest BCUT2D eigenvalue weighted by Crippen LogP contribution is 2.31. The molecule has 1 rings (SSSR count). The van der Waals surface area contributed by atoms with E-state index in [0.717, 1.165) is 6.42 Å². The number of carbonyl (C=O) groups is 3. The lowest BCUT2D eigenvalue weighted by Gasteiger charge is -2.25. The van der Waals surface area contributed by atoms with Gasteiger partial charge in [-0.3, -0.25) is 4.79 Å². The Bertz CT molecular complexity index is 477. The molecule has 2 atom stereocenters. The van der Waals surface area contributed by atoms with Crippen molar-refractivity contribution in [3.63, 3.8) is 0 Å². The minimum atomic E-state index is -1.03. The second-order valence-electron chi connectivity index (χ2n) is 5.08. The van der Waals surface area contributed by atoms with Crippen LogP contribution in [-0.2, 0) is 23.9 Å². The molecule has 1 aliphatic rings. The smallest absolute Gasteiger partial charge is 0.334 e. The van der Waals surface area contributed by atoms with Gasteiger partial charge in [0.25, 0.3) is 0 Å². The standard InChI is InChI=1S/C15H20O6/c1-9(2)14(18)20-7-8-21-15(19)11-6-4-5-10(3)12(11)13(16)17/h6,10,12H,1,4-5,7-8H2,2-3H3,(H,16,17). The number of ether oxygens (including phenoxy) is 2. The Morgan fingerprint density at radius 3 is 2.52 bits per heavy atom. The van der Waals surface area contributed by atoms with Gasteiger partial charge in [0.1, 0.15) is 13.2 Å². The largest absolute Gasteiger partial charge is 0.481 e. The number of allylic oxidation sites excluding steroid dienone is 1. The summed E-state index contributed by atoms with van der Waals surface area (Å²) >= 11 is 0. The van der Waals surface area contributed by atoms with Crippen LogP contribution in [0, 0.1) is 11.8 Å². The Hall–Kier alpha value is -2.11. The number of carbonyl (C=O) groups excluding carboxylic acids is 2. The van der Waals surface area contributed by atoms with E-state index in [1.807, 2.05) is 0 Å². The van der Waals surface area contributed by atoms with Crippen molar-refractivity contribution in [2.75, 3.05) is 13.2 Å². The second kappa shape index (κ2) is 7.61. The van der Waals surface area contributed by atoms with Gasteiger partial charge in [-0.1, -0.05) is 19.6 Å². The molecule has 2 unspecified atom stereocenters. The molecule has 1 aliphatic carbocycles. The molecule has 0 bridgehead atoms. The molecule has 116 valence electrons. The number of rotatable bonds is 6. The topological polar surface area (TPSA) is 89.9 Å². The van der Waals surface area contributed by atoms with E-state index in [0.29, 0.717) is 6.42 Å². The van der Waals surface area contributed by atoms with Gasteiger partial charge in [-0.2, -0.15) is 0 Å². The molecule has 0 aromatic rings. The second-order valence-corrected chi connectivity index (χ2v) is 5.08. The molecular formula is C15H20O6. The van der Waals surface area contributed by atoms with Crippen LogP contribution in [0.25, 0.3) is 0 Å². The van der Waals surface area contributed by atoms with Crippen LogP contribution in [0.4, 0.5) is 0 Å². The van der Waals surface area contributed by atoms with Crippen LogP contribution in [-0.4, -0.2) is 36.2 Å². The number of aliphatic carboxylic acids is 1. The van der Waals surface area contributed by atoms with E-state index in [1.54, 1.807) is 13.0 Å². The lowest BCUT2D eigenvalue weighted by atomic mass is 9.79. The van der Waals surface area contributed by atoms with Gasteiger partial charge in [-0.25, -0.2) is 9.59 Å².